The number of aryl methyl sites for hydroxylation is 2. The minimum Gasteiger partial charge on any atom is -0.383 e. The van der Waals surface area contributed by atoms with E-state index in [0.717, 1.165) is 0 Å². The molecule has 122 valence electrons. The van der Waals surface area contributed by atoms with E-state index >= 15 is 0 Å². The molecule has 0 aliphatic carbocycles. The minimum atomic E-state index is -0.677. The van der Waals surface area contributed by atoms with Gasteiger partial charge in [0.25, 0.3) is 5.56 Å². The summed E-state index contributed by atoms with van der Waals surface area (Å²) in [5.41, 5.74) is 5.32. The van der Waals surface area contributed by atoms with Crippen LogP contribution >= 0.6 is 0 Å². The molecule has 0 aliphatic heterocycles. The molecule has 22 heavy (non-hydrogen) atoms. The van der Waals surface area contributed by atoms with Crippen LogP contribution < -0.4 is 17.0 Å². The number of aromatic nitrogens is 4. The van der Waals surface area contributed by atoms with E-state index in [2.05, 4.69) is 4.98 Å². The molecule has 2 aromatic heterocycles. The number of rotatable bonds is 5. The number of hydrogen-bond donors (Lipinski definition) is 1. The van der Waals surface area contributed by atoms with Crippen LogP contribution in [0.5, 0.6) is 0 Å². The molecule has 0 bridgehead atoms. The first-order chi connectivity index (χ1) is 10.2. The Hall–Kier alpha value is -1.93. The number of nitrogens with zero attached hydrogens (tertiary/aromatic N) is 4. The zero-order chi connectivity index (χ0) is 16.7. The maximum absolute atomic E-state index is 12.7. The predicted molar refractivity (Wildman–Crippen MR) is 84.1 cm³/mol. The third-order valence-corrected chi connectivity index (χ3v) is 3.55. The standard InChI is InChI=1S/C14H23N5O3/c1-9-16-11-10(17(9)4)12(20)19(8-14(2,3)15)13(21)18(11)6-7-22-5/h6-8,15H2,1-5H3. The summed E-state index contributed by atoms with van der Waals surface area (Å²) >= 11 is 0. The van der Waals surface area contributed by atoms with Crippen LogP contribution in [0.2, 0.25) is 0 Å². The molecule has 0 unspecified atom stereocenters. The molecule has 2 N–H and O–H groups in total. The number of methoxy groups -OCH3 is 1. The van der Waals surface area contributed by atoms with E-state index in [0.29, 0.717) is 30.1 Å². The van der Waals surface area contributed by atoms with Crippen molar-refractivity contribution in [2.45, 2.75) is 39.4 Å². The number of ether oxygens (including phenoxy) is 1. The normalized spacial score (nSPS) is 12.3. The Labute approximate surface area is 128 Å². The predicted octanol–water partition coefficient (Wildman–Crippen LogP) is -0.411. The minimum absolute atomic E-state index is 0.137. The van der Waals surface area contributed by atoms with Gasteiger partial charge in [0.15, 0.2) is 11.2 Å². The van der Waals surface area contributed by atoms with Gasteiger partial charge in [0.1, 0.15) is 5.82 Å². The van der Waals surface area contributed by atoms with Crippen molar-refractivity contribution < 1.29 is 4.74 Å². The zero-order valence-corrected chi connectivity index (χ0v) is 13.7. The van der Waals surface area contributed by atoms with Crippen molar-refractivity contribution in [3.8, 4) is 0 Å². The highest BCUT2D eigenvalue weighted by Crippen LogP contribution is 2.09. The topological polar surface area (TPSA) is 97.1 Å². The summed E-state index contributed by atoms with van der Waals surface area (Å²) in [5.74, 6) is 0.669. The molecule has 8 heteroatoms. The molecule has 2 heterocycles. The van der Waals surface area contributed by atoms with Gasteiger partial charge in [0.2, 0.25) is 0 Å². The average molecular weight is 309 g/mol. The van der Waals surface area contributed by atoms with Crippen molar-refractivity contribution in [3.05, 3.63) is 26.7 Å². The summed E-state index contributed by atoms with van der Waals surface area (Å²) in [5, 5.41) is 0. The van der Waals surface area contributed by atoms with Gasteiger partial charge in [-0.2, -0.15) is 0 Å². The Kier molecular flexibility index (Phi) is 4.25. The Morgan fingerprint density at radius 1 is 1.27 bits per heavy atom. The molecule has 0 saturated carbocycles. The molecule has 0 atom stereocenters. The SMILES string of the molecule is COCCn1c(=O)n(CC(C)(C)N)c(=O)c2c1nc(C)n2C. The molecule has 8 nitrogen and oxygen atoms in total. The second-order valence-corrected chi connectivity index (χ2v) is 6.20. The van der Waals surface area contributed by atoms with Crippen molar-refractivity contribution in [2.75, 3.05) is 13.7 Å². The third kappa shape index (κ3) is 2.84. The summed E-state index contributed by atoms with van der Waals surface area (Å²) in [4.78, 5) is 29.7. The number of hydrogen-bond acceptors (Lipinski definition) is 5. The van der Waals surface area contributed by atoms with Gasteiger partial charge >= 0.3 is 5.69 Å². The van der Waals surface area contributed by atoms with Crippen molar-refractivity contribution in [1.29, 1.82) is 0 Å². The van der Waals surface area contributed by atoms with Crippen molar-refractivity contribution in [1.82, 2.24) is 18.7 Å². The maximum atomic E-state index is 12.7. The van der Waals surface area contributed by atoms with E-state index in [1.165, 1.54) is 9.13 Å². The van der Waals surface area contributed by atoms with Gasteiger partial charge in [0.05, 0.1) is 13.2 Å². The van der Waals surface area contributed by atoms with Crippen LogP contribution in [0.4, 0.5) is 0 Å². The summed E-state index contributed by atoms with van der Waals surface area (Å²) in [6.45, 7) is 6.16. The van der Waals surface area contributed by atoms with Gasteiger partial charge in [-0.1, -0.05) is 0 Å². The Bertz CT molecular complexity index is 807. The van der Waals surface area contributed by atoms with E-state index in [9.17, 15) is 9.59 Å². The lowest BCUT2D eigenvalue weighted by Gasteiger charge is -2.20. The second kappa shape index (κ2) is 5.69. The van der Waals surface area contributed by atoms with Crippen molar-refractivity contribution in [2.24, 2.45) is 12.8 Å². The molecule has 2 rings (SSSR count). The van der Waals surface area contributed by atoms with Crippen molar-refractivity contribution >= 4 is 11.2 Å². The summed E-state index contributed by atoms with van der Waals surface area (Å²) in [7, 11) is 3.32. The number of nitrogens with two attached hydrogens (primary N) is 1. The highest BCUT2D eigenvalue weighted by molar-refractivity contribution is 5.70. The second-order valence-electron chi connectivity index (χ2n) is 6.20. The van der Waals surface area contributed by atoms with E-state index in [-0.39, 0.29) is 12.1 Å². The van der Waals surface area contributed by atoms with Crippen LogP contribution in [0.15, 0.2) is 9.59 Å². The first kappa shape index (κ1) is 16.4. The van der Waals surface area contributed by atoms with E-state index < -0.39 is 11.2 Å². The van der Waals surface area contributed by atoms with E-state index in [1.807, 2.05) is 0 Å². The van der Waals surface area contributed by atoms with Gasteiger partial charge in [-0.25, -0.2) is 9.78 Å². The fourth-order valence-corrected chi connectivity index (χ4v) is 2.40. The van der Waals surface area contributed by atoms with Gasteiger partial charge in [-0.05, 0) is 20.8 Å². The monoisotopic (exact) mass is 309 g/mol. The van der Waals surface area contributed by atoms with Gasteiger partial charge in [0, 0.05) is 26.2 Å². The Morgan fingerprint density at radius 3 is 2.45 bits per heavy atom. The quantitative estimate of drug-likeness (QED) is 0.810. The van der Waals surface area contributed by atoms with Crippen LogP contribution in [0.1, 0.15) is 19.7 Å². The first-order valence-corrected chi connectivity index (χ1v) is 7.12. The lowest BCUT2D eigenvalue weighted by Crippen LogP contribution is -2.48. The molecule has 0 amide bonds. The van der Waals surface area contributed by atoms with Gasteiger partial charge in [-0.15, -0.1) is 0 Å². The molecule has 0 radical (unpaired) electrons. The summed E-state index contributed by atoms with van der Waals surface area (Å²) in [6.07, 6.45) is 0. The van der Waals surface area contributed by atoms with Gasteiger partial charge < -0.3 is 15.0 Å². The van der Waals surface area contributed by atoms with E-state index in [4.69, 9.17) is 10.5 Å². The molecule has 0 saturated heterocycles. The highest BCUT2D eigenvalue weighted by Gasteiger charge is 2.22. The molecular weight excluding hydrogens is 286 g/mol. The highest BCUT2D eigenvalue weighted by atomic mass is 16.5. The van der Waals surface area contributed by atoms with Crippen molar-refractivity contribution in [3.63, 3.8) is 0 Å². The lowest BCUT2D eigenvalue weighted by molar-refractivity contribution is 0.186. The molecule has 0 aromatic carbocycles. The zero-order valence-electron chi connectivity index (χ0n) is 13.7. The molecule has 2 aromatic rings. The molecular formula is C14H23N5O3. The number of fused-ring (bicyclic) bond motifs is 1. The average Bonchev–Trinajstić information content (AvgIpc) is 2.70. The van der Waals surface area contributed by atoms with Gasteiger partial charge in [-0.3, -0.25) is 13.9 Å². The van der Waals surface area contributed by atoms with Crippen LogP contribution in [-0.4, -0.2) is 37.9 Å². The van der Waals surface area contributed by atoms with Crippen LogP contribution in [0.25, 0.3) is 11.2 Å². The summed E-state index contributed by atoms with van der Waals surface area (Å²) in [6, 6.07) is 0. The largest absolute Gasteiger partial charge is 0.383 e. The fraction of sp³-hybridized carbons (Fsp3) is 0.643. The molecule has 0 aliphatic rings. The Balaban J connectivity index is 2.83. The Morgan fingerprint density at radius 2 is 1.91 bits per heavy atom. The van der Waals surface area contributed by atoms with Crippen LogP contribution in [0, 0.1) is 6.92 Å². The fourth-order valence-electron chi connectivity index (χ4n) is 2.40. The maximum Gasteiger partial charge on any atom is 0.332 e. The van der Waals surface area contributed by atoms with Crippen LogP contribution in [-0.2, 0) is 24.9 Å². The third-order valence-electron chi connectivity index (χ3n) is 3.55. The lowest BCUT2D eigenvalue weighted by atomic mass is 10.1. The molecule has 0 spiro atoms. The number of imidazole rings is 1. The summed E-state index contributed by atoms with van der Waals surface area (Å²) < 4.78 is 9.40. The van der Waals surface area contributed by atoms with E-state index in [1.54, 1.807) is 39.5 Å². The van der Waals surface area contributed by atoms with Crippen LogP contribution in [0.3, 0.4) is 0 Å². The first-order valence-electron chi connectivity index (χ1n) is 7.12. The smallest absolute Gasteiger partial charge is 0.332 e. The molecule has 0 fully saturated rings.